The van der Waals surface area contributed by atoms with Crippen molar-refractivity contribution in [2.75, 3.05) is 18.7 Å². The summed E-state index contributed by atoms with van der Waals surface area (Å²) in [5.41, 5.74) is 0. The second-order valence-electron chi connectivity index (χ2n) is 3.89. The molecule has 1 rings (SSSR count). The molecule has 0 saturated carbocycles. The molecule has 0 spiro atoms. The van der Waals surface area contributed by atoms with Crippen LogP contribution in [-0.2, 0) is 0 Å². The molecule has 0 bridgehead atoms. The van der Waals surface area contributed by atoms with Crippen molar-refractivity contribution in [3.8, 4) is 0 Å². The first-order valence-electron chi connectivity index (χ1n) is 5.03. The topological polar surface area (TPSA) is 3.24 Å². The van der Waals surface area contributed by atoms with Gasteiger partial charge in [-0.1, -0.05) is 20.3 Å². The molecule has 1 aliphatic rings. The van der Waals surface area contributed by atoms with E-state index in [0.29, 0.717) is 0 Å². The zero-order valence-electron chi connectivity index (χ0n) is 8.55. The van der Waals surface area contributed by atoms with Gasteiger partial charge >= 0.3 is 0 Å². The van der Waals surface area contributed by atoms with E-state index < -0.39 is 0 Å². The van der Waals surface area contributed by atoms with Gasteiger partial charge in [-0.3, -0.25) is 4.90 Å². The van der Waals surface area contributed by atoms with Crippen molar-refractivity contribution in [3.05, 3.63) is 0 Å². The summed E-state index contributed by atoms with van der Waals surface area (Å²) in [5.74, 6) is 3.46. The highest BCUT2D eigenvalue weighted by atomic mass is 32.2. The smallest absolute Gasteiger partial charge is 0.0444 e. The summed E-state index contributed by atoms with van der Waals surface area (Å²) in [7, 11) is 2.27. The summed E-state index contributed by atoms with van der Waals surface area (Å²) < 4.78 is 0. The molecule has 12 heavy (non-hydrogen) atoms. The highest BCUT2D eigenvalue weighted by Gasteiger charge is 2.21. The maximum Gasteiger partial charge on any atom is 0.0444 e. The molecule has 1 saturated heterocycles. The molecular weight excluding hydrogens is 166 g/mol. The molecule has 0 aliphatic carbocycles. The first-order valence-corrected chi connectivity index (χ1v) is 6.19. The van der Waals surface area contributed by atoms with Gasteiger partial charge < -0.3 is 0 Å². The number of hydrogen-bond acceptors (Lipinski definition) is 2. The second kappa shape index (κ2) is 5.13. The average molecular weight is 187 g/mol. The number of nitrogens with zero attached hydrogens (tertiary/aromatic N) is 1. The van der Waals surface area contributed by atoms with Crippen LogP contribution in [0, 0.1) is 5.92 Å². The molecule has 2 atom stereocenters. The van der Waals surface area contributed by atoms with Crippen molar-refractivity contribution in [2.45, 2.75) is 39.2 Å². The monoisotopic (exact) mass is 187 g/mol. The molecule has 1 heterocycles. The zero-order valence-corrected chi connectivity index (χ0v) is 9.36. The third-order valence-corrected chi connectivity index (χ3v) is 4.12. The Morgan fingerprint density at radius 2 is 2.33 bits per heavy atom. The molecule has 0 aromatic carbocycles. The lowest BCUT2D eigenvalue weighted by atomic mass is 9.94. The summed E-state index contributed by atoms with van der Waals surface area (Å²) in [6.45, 7) is 4.69. The molecule has 0 N–H and O–H groups in total. The van der Waals surface area contributed by atoms with Gasteiger partial charge in [0.1, 0.15) is 0 Å². The Kier molecular flexibility index (Phi) is 4.44. The molecule has 1 aliphatic heterocycles. The Labute approximate surface area is 80.9 Å². The van der Waals surface area contributed by atoms with Gasteiger partial charge in [-0.15, -0.1) is 11.8 Å². The van der Waals surface area contributed by atoms with E-state index in [1.807, 2.05) is 0 Å². The molecule has 0 aromatic heterocycles. The van der Waals surface area contributed by atoms with Crippen molar-refractivity contribution >= 4 is 11.8 Å². The Morgan fingerprint density at radius 3 is 3.00 bits per heavy atom. The SMILES string of the molecule is CCC(C)[C@H]1CCCSCN1C. The third-order valence-electron chi connectivity index (χ3n) is 2.95. The van der Waals surface area contributed by atoms with E-state index in [1.54, 1.807) is 0 Å². The first kappa shape index (κ1) is 10.4. The van der Waals surface area contributed by atoms with E-state index >= 15 is 0 Å². The minimum Gasteiger partial charge on any atom is -0.294 e. The first-order chi connectivity index (χ1) is 5.75. The lowest BCUT2D eigenvalue weighted by Crippen LogP contribution is -2.35. The predicted octanol–water partition coefficient (Wildman–Crippen LogP) is 2.82. The summed E-state index contributed by atoms with van der Waals surface area (Å²) in [4.78, 5) is 2.53. The van der Waals surface area contributed by atoms with Crippen LogP contribution in [0.2, 0.25) is 0 Å². The predicted molar refractivity (Wildman–Crippen MR) is 57.6 cm³/mol. The van der Waals surface area contributed by atoms with Crippen LogP contribution in [0.3, 0.4) is 0 Å². The molecule has 1 nitrogen and oxygen atoms in total. The van der Waals surface area contributed by atoms with E-state index in [4.69, 9.17) is 0 Å². The molecule has 0 aromatic rings. The minimum atomic E-state index is 0.838. The molecule has 0 radical (unpaired) electrons. The zero-order chi connectivity index (χ0) is 8.97. The highest BCUT2D eigenvalue weighted by molar-refractivity contribution is 7.99. The summed E-state index contributed by atoms with van der Waals surface area (Å²) >= 11 is 2.08. The third kappa shape index (κ3) is 2.67. The van der Waals surface area contributed by atoms with Crippen LogP contribution >= 0.6 is 11.8 Å². The fraction of sp³-hybridized carbons (Fsp3) is 1.00. The van der Waals surface area contributed by atoms with Gasteiger partial charge in [-0.25, -0.2) is 0 Å². The normalized spacial score (nSPS) is 29.8. The maximum absolute atomic E-state index is 2.53. The van der Waals surface area contributed by atoms with Gasteiger partial charge in [0.05, 0.1) is 0 Å². The van der Waals surface area contributed by atoms with Crippen LogP contribution in [0.4, 0.5) is 0 Å². The van der Waals surface area contributed by atoms with Crippen LogP contribution in [0.25, 0.3) is 0 Å². The molecule has 0 amide bonds. The molecule has 72 valence electrons. The van der Waals surface area contributed by atoms with Crippen LogP contribution in [-0.4, -0.2) is 29.6 Å². The Balaban J connectivity index is 2.46. The van der Waals surface area contributed by atoms with Crippen LogP contribution in [0.1, 0.15) is 33.1 Å². The van der Waals surface area contributed by atoms with Crippen molar-refractivity contribution < 1.29 is 0 Å². The van der Waals surface area contributed by atoms with Crippen LogP contribution in [0.15, 0.2) is 0 Å². The fourth-order valence-corrected chi connectivity index (χ4v) is 2.89. The molecule has 2 heteroatoms. The summed E-state index contributed by atoms with van der Waals surface area (Å²) in [5, 5.41) is 0. The van der Waals surface area contributed by atoms with Crippen molar-refractivity contribution in [2.24, 2.45) is 5.92 Å². The lowest BCUT2D eigenvalue weighted by Gasteiger charge is -2.30. The Morgan fingerprint density at radius 1 is 1.58 bits per heavy atom. The standard InChI is InChI=1S/C10H21NS/c1-4-9(2)10-6-5-7-12-8-11(10)3/h9-10H,4-8H2,1-3H3/t9?,10-/m1/s1. The number of rotatable bonds is 2. The summed E-state index contributed by atoms with van der Waals surface area (Å²) in [6, 6.07) is 0.838. The Bertz CT molecular complexity index is 127. The van der Waals surface area contributed by atoms with E-state index in [2.05, 4.69) is 37.6 Å². The Hall–Kier alpha value is 0.310. The fourth-order valence-electron chi connectivity index (χ4n) is 1.91. The van der Waals surface area contributed by atoms with Gasteiger partial charge in [-0.05, 0) is 31.6 Å². The molecule has 1 unspecified atom stereocenters. The van der Waals surface area contributed by atoms with Crippen molar-refractivity contribution in [1.82, 2.24) is 4.90 Å². The van der Waals surface area contributed by atoms with Gasteiger partial charge in [0, 0.05) is 11.9 Å². The lowest BCUT2D eigenvalue weighted by molar-refractivity contribution is 0.199. The highest BCUT2D eigenvalue weighted by Crippen LogP contribution is 2.24. The van der Waals surface area contributed by atoms with Crippen LogP contribution in [0.5, 0.6) is 0 Å². The summed E-state index contributed by atoms with van der Waals surface area (Å²) in [6.07, 6.45) is 4.13. The average Bonchev–Trinajstić information content (AvgIpc) is 2.28. The van der Waals surface area contributed by atoms with E-state index in [-0.39, 0.29) is 0 Å². The van der Waals surface area contributed by atoms with Crippen LogP contribution < -0.4 is 0 Å². The minimum absolute atomic E-state index is 0.838. The largest absolute Gasteiger partial charge is 0.294 e. The van der Waals surface area contributed by atoms with Crippen molar-refractivity contribution in [3.63, 3.8) is 0 Å². The second-order valence-corrected chi connectivity index (χ2v) is 4.96. The number of thioether (sulfide) groups is 1. The molecule has 1 fully saturated rings. The van der Waals surface area contributed by atoms with Crippen molar-refractivity contribution in [1.29, 1.82) is 0 Å². The van der Waals surface area contributed by atoms with E-state index in [9.17, 15) is 0 Å². The van der Waals surface area contributed by atoms with Gasteiger partial charge in [0.25, 0.3) is 0 Å². The van der Waals surface area contributed by atoms with E-state index in [0.717, 1.165) is 12.0 Å². The van der Waals surface area contributed by atoms with Gasteiger partial charge in [0.2, 0.25) is 0 Å². The quantitative estimate of drug-likeness (QED) is 0.654. The van der Waals surface area contributed by atoms with Gasteiger partial charge in [-0.2, -0.15) is 0 Å². The number of hydrogen-bond donors (Lipinski definition) is 0. The van der Waals surface area contributed by atoms with E-state index in [1.165, 1.54) is 30.9 Å². The van der Waals surface area contributed by atoms with Gasteiger partial charge in [0.15, 0.2) is 0 Å². The molecular formula is C10H21NS. The maximum atomic E-state index is 2.53.